The number of nitrogens with one attached hydrogen (secondary N) is 2. The Hall–Kier alpha value is -3.29. The van der Waals surface area contributed by atoms with Gasteiger partial charge in [0.2, 0.25) is 5.91 Å². The standard InChI is InChI=1S/C26H34N4O4/c1-17(2)24(25(32)27-12-11-18-7-9-21(34-3)10-8-18)28-26(33)29-14-19-13-20(16-29)22-5-4-6-23(31)30(22)15-19/h4-10,17,19-20,24H,11-16H2,1-3H3,(H,27,32)(H,28,33)/t19?,20?,24-/m0/s1. The molecule has 3 amide bonds. The van der Waals surface area contributed by atoms with Crippen LogP contribution in [0.15, 0.2) is 47.3 Å². The lowest BCUT2D eigenvalue weighted by molar-refractivity contribution is -0.123. The predicted octanol–water partition coefficient (Wildman–Crippen LogP) is 2.37. The average molecular weight is 467 g/mol. The maximum Gasteiger partial charge on any atom is 0.318 e. The third kappa shape index (κ3) is 5.26. The van der Waals surface area contributed by atoms with E-state index in [2.05, 4.69) is 10.6 Å². The summed E-state index contributed by atoms with van der Waals surface area (Å²) in [6.07, 6.45) is 1.68. The lowest BCUT2D eigenvalue weighted by atomic mass is 9.83. The summed E-state index contributed by atoms with van der Waals surface area (Å²) in [6, 6.07) is 12.3. The molecule has 3 atom stereocenters. The Morgan fingerprint density at radius 2 is 1.85 bits per heavy atom. The number of amides is 3. The number of benzene rings is 1. The second kappa shape index (κ2) is 10.3. The highest BCUT2D eigenvalue weighted by Gasteiger charge is 2.37. The van der Waals surface area contributed by atoms with Crippen molar-refractivity contribution in [1.82, 2.24) is 20.1 Å². The van der Waals surface area contributed by atoms with E-state index < -0.39 is 6.04 Å². The molecule has 4 rings (SSSR count). The molecule has 3 heterocycles. The fraction of sp³-hybridized carbons (Fsp3) is 0.500. The molecule has 2 aromatic rings. The van der Waals surface area contributed by atoms with E-state index in [-0.39, 0.29) is 35.3 Å². The van der Waals surface area contributed by atoms with Crippen molar-refractivity contribution >= 4 is 11.9 Å². The molecule has 2 N–H and O–H groups in total. The van der Waals surface area contributed by atoms with Crippen LogP contribution in [0, 0.1) is 11.8 Å². The quantitative estimate of drug-likeness (QED) is 0.655. The van der Waals surface area contributed by atoms with Crippen LogP contribution in [-0.4, -0.2) is 54.2 Å². The summed E-state index contributed by atoms with van der Waals surface area (Å²) in [4.78, 5) is 40.1. The fourth-order valence-corrected chi connectivity index (χ4v) is 5.05. The summed E-state index contributed by atoms with van der Waals surface area (Å²) in [6.45, 7) is 6.13. The van der Waals surface area contributed by atoms with Crippen LogP contribution in [0.1, 0.15) is 37.4 Å². The van der Waals surface area contributed by atoms with Gasteiger partial charge in [0, 0.05) is 43.9 Å². The van der Waals surface area contributed by atoms with Gasteiger partial charge in [-0.2, -0.15) is 0 Å². The van der Waals surface area contributed by atoms with E-state index >= 15 is 0 Å². The monoisotopic (exact) mass is 466 g/mol. The first-order valence-corrected chi connectivity index (χ1v) is 12.0. The number of hydrogen-bond donors (Lipinski definition) is 2. The number of carbonyl (C=O) groups excluding carboxylic acids is 2. The average Bonchev–Trinajstić information content (AvgIpc) is 2.83. The highest BCUT2D eigenvalue weighted by atomic mass is 16.5. The van der Waals surface area contributed by atoms with E-state index in [1.807, 2.05) is 48.7 Å². The summed E-state index contributed by atoms with van der Waals surface area (Å²) in [5.74, 6) is 0.961. The van der Waals surface area contributed by atoms with E-state index in [0.29, 0.717) is 32.6 Å². The van der Waals surface area contributed by atoms with E-state index in [0.717, 1.165) is 23.4 Å². The molecule has 1 aromatic carbocycles. The number of ether oxygens (including phenoxy) is 1. The number of methoxy groups -OCH3 is 1. The first kappa shape index (κ1) is 23.9. The van der Waals surface area contributed by atoms with E-state index in [1.165, 1.54) is 0 Å². The number of pyridine rings is 1. The molecule has 8 heteroatoms. The normalized spacial score (nSPS) is 19.8. The van der Waals surface area contributed by atoms with Gasteiger partial charge in [0.1, 0.15) is 11.8 Å². The van der Waals surface area contributed by atoms with Crippen molar-refractivity contribution in [3.8, 4) is 5.75 Å². The summed E-state index contributed by atoms with van der Waals surface area (Å²) in [7, 11) is 1.63. The van der Waals surface area contributed by atoms with Gasteiger partial charge in [-0.15, -0.1) is 0 Å². The summed E-state index contributed by atoms with van der Waals surface area (Å²) in [5, 5.41) is 5.93. The zero-order valence-corrected chi connectivity index (χ0v) is 20.1. The molecule has 2 aliphatic heterocycles. The van der Waals surface area contributed by atoms with Crippen molar-refractivity contribution in [2.24, 2.45) is 11.8 Å². The molecular formula is C26H34N4O4. The van der Waals surface area contributed by atoms with E-state index in [4.69, 9.17) is 4.74 Å². The van der Waals surface area contributed by atoms with Crippen molar-refractivity contribution in [3.63, 3.8) is 0 Å². The number of fused-ring (bicyclic) bond motifs is 4. The number of carbonyl (C=O) groups is 2. The minimum absolute atomic E-state index is 0.0243. The van der Waals surface area contributed by atoms with Crippen molar-refractivity contribution < 1.29 is 14.3 Å². The van der Waals surface area contributed by atoms with Crippen molar-refractivity contribution in [3.05, 3.63) is 64.1 Å². The molecule has 34 heavy (non-hydrogen) atoms. The zero-order valence-electron chi connectivity index (χ0n) is 20.1. The van der Waals surface area contributed by atoms with Crippen LogP contribution in [0.4, 0.5) is 4.79 Å². The van der Waals surface area contributed by atoms with E-state index in [1.54, 1.807) is 24.1 Å². The molecule has 0 spiro atoms. The van der Waals surface area contributed by atoms with Crippen LogP contribution in [0.25, 0.3) is 0 Å². The molecule has 182 valence electrons. The number of aromatic nitrogens is 1. The van der Waals surface area contributed by atoms with Gasteiger partial charge in [-0.25, -0.2) is 4.79 Å². The van der Waals surface area contributed by atoms with Crippen molar-refractivity contribution in [1.29, 1.82) is 0 Å². The van der Waals surface area contributed by atoms with E-state index in [9.17, 15) is 14.4 Å². The van der Waals surface area contributed by atoms with Crippen LogP contribution < -0.4 is 20.9 Å². The highest BCUT2D eigenvalue weighted by molar-refractivity contribution is 5.87. The van der Waals surface area contributed by atoms with Crippen LogP contribution in [0.2, 0.25) is 0 Å². The molecule has 2 unspecified atom stereocenters. The van der Waals surface area contributed by atoms with Gasteiger partial charge in [-0.1, -0.05) is 32.0 Å². The maximum atomic E-state index is 13.1. The Bertz CT molecular complexity index is 1080. The third-order valence-electron chi connectivity index (χ3n) is 6.87. The Labute approximate surface area is 200 Å². The van der Waals surface area contributed by atoms with Crippen LogP contribution in [-0.2, 0) is 17.8 Å². The second-order valence-corrected chi connectivity index (χ2v) is 9.66. The Morgan fingerprint density at radius 1 is 1.09 bits per heavy atom. The molecule has 2 aliphatic rings. The topological polar surface area (TPSA) is 92.7 Å². The summed E-state index contributed by atoms with van der Waals surface area (Å²) < 4.78 is 7.02. The smallest absolute Gasteiger partial charge is 0.318 e. The summed E-state index contributed by atoms with van der Waals surface area (Å²) in [5.41, 5.74) is 2.12. The SMILES string of the molecule is COc1ccc(CCNC(=O)[C@@H](NC(=O)N2CC3CC(C2)c2cccc(=O)n2C3)C(C)C)cc1. The maximum absolute atomic E-state index is 13.1. The minimum Gasteiger partial charge on any atom is -0.497 e. The Kier molecular flexibility index (Phi) is 7.24. The van der Waals surface area contributed by atoms with Crippen molar-refractivity contribution in [2.45, 2.75) is 45.2 Å². The second-order valence-electron chi connectivity index (χ2n) is 9.66. The van der Waals surface area contributed by atoms with Crippen LogP contribution in [0.5, 0.6) is 5.75 Å². The number of hydrogen-bond acceptors (Lipinski definition) is 4. The first-order chi connectivity index (χ1) is 16.4. The Morgan fingerprint density at radius 3 is 2.56 bits per heavy atom. The molecular weight excluding hydrogens is 432 g/mol. The lowest BCUT2D eigenvalue weighted by Crippen LogP contribution is -2.57. The number of rotatable bonds is 7. The molecule has 1 aromatic heterocycles. The molecule has 1 fully saturated rings. The van der Waals surface area contributed by atoms with Gasteiger partial charge < -0.3 is 24.8 Å². The lowest BCUT2D eigenvalue weighted by Gasteiger charge is -2.43. The molecule has 0 saturated carbocycles. The number of piperidine rings is 1. The minimum atomic E-state index is -0.611. The van der Waals surface area contributed by atoms with Gasteiger partial charge >= 0.3 is 6.03 Å². The van der Waals surface area contributed by atoms with Gasteiger partial charge in [0.15, 0.2) is 0 Å². The molecule has 8 nitrogen and oxygen atoms in total. The first-order valence-electron chi connectivity index (χ1n) is 12.0. The highest BCUT2D eigenvalue weighted by Crippen LogP contribution is 2.34. The largest absolute Gasteiger partial charge is 0.497 e. The van der Waals surface area contributed by atoms with Crippen molar-refractivity contribution in [2.75, 3.05) is 26.7 Å². The number of nitrogens with zero attached hydrogens (tertiary/aromatic N) is 2. The molecule has 1 saturated heterocycles. The third-order valence-corrected chi connectivity index (χ3v) is 6.87. The predicted molar refractivity (Wildman–Crippen MR) is 130 cm³/mol. The summed E-state index contributed by atoms with van der Waals surface area (Å²) >= 11 is 0. The molecule has 0 aliphatic carbocycles. The van der Waals surface area contributed by atoms with Crippen LogP contribution >= 0.6 is 0 Å². The number of urea groups is 1. The number of likely N-dealkylation sites (tertiary alicyclic amines) is 1. The zero-order chi connectivity index (χ0) is 24.2. The van der Waals surface area contributed by atoms with Gasteiger partial charge in [-0.3, -0.25) is 9.59 Å². The molecule has 2 bridgehead atoms. The van der Waals surface area contributed by atoms with Gasteiger partial charge in [0.05, 0.1) is 7.11 Å². The Balaban J connectivity index is 1.33. The molecule has 0 radical (unpaired) electrons. The van der Waals surface area contributed by atoms with Gasteiger partial charge in [-0.05, 0) is 48.4 Å². The fourth-order valence-electron chi connectivity index (χ4n) is 5.05. The van der Waals surface area contributed by atoms with Gasteiger partial charge in [0.25, 0.3) is 5.56 Å². The van der Waals surface area contributed by atoms with Crippen LogP contribution in [0.3, 0.4) is 0 Å².